The number of hydrogen-bond acceptors (Lipinski definition) is 3. The van der Waals surface area contributed by atoms with E-state index in [2.05, 4.69) is 169 Å². The van der Waals surface area contributed by atoms with Crippen LogP contribution in [0.3, 0.4) is 0 Å². The topological polar surface area (TPSA) is 50.9 Å². The first-order valence-electron chi connectivity index (χ1n) is 17.1. The SMILES string of the molecule is CC(C)(C)c1cc(-n2c3ccccc3c3ccc(-c4cccc(C(C)(C)c5cc(-c6ccccc6)ccn5)c4)nc32)c(O)c(C(C)(C)C)c1. The molecule has 3 aromatic heterocycles. The Hall–Kier alpha value is -5.22. The number of benzene rings is 4. The van der Waals surface area contributed by atoms with Crippen LogP contribution in [0.15, 0.2) is 121 Å². The van der Waals surface area contributed by atoms with Crippen LogP contribution in [0.25, 0.3) is 50.0 Å². The third-order valence-electron chi connectivity index (χ3n) is 9.91. The molecule has 0 fully saturated rings. The molecule has 4 nitrogen and oxygen atoms in total. The van der Waals surface area contributed by atoms with Gasteiger partial charge in [-0.15, -0.1) is 0 Å². The van der Waals surface area contributed by atoms with E-state index in [1.807, 2.05) is 12.3 Å². The van der Waals surface area contributed by atoms with Crippen molar-refractivity contribution in [2.75, 3.05) is 0 Å². The standard InChI is InChI=1S/C45H45N3O/c1-43(2,3)33-27-36(44(4,5)6)41(49)39(28-33)48-38-20-13-12-19-34(38)35-21-22-37(47-42(35)48)31-17-14-18-32(25-31)45(7,8)40-26-30(23-24-46-40)29-15-10-9-11-16-29/h9-28,49H,1-8H3. The molecule has 7 aromatic rings. The van der Waals surface area contributed by atoms with Crippen LogP contribution in [0.5, 0.6) is 5.75 Å². The van der Waals surface area contributed by atoms with E-state index < -0.39 is 0 Å². The average molecular weight is 644 g/mol. The molecular formula is C45H45N3O. The molecule has 49 heavy (non-hydrogen) atoms. The molecule has 0 aliphatic heterocycles. The molecule has 246 valence electrons. The van der Waals surface area contributed by atoms with Crippen molar-refractivity contribution in [2.45, 2.75) is 71.6 Å². The Morgan fingerprint density at radius 3 is 2.02 bits per heavy atom. The van der Waals surface area contributed by atoms with Crippen molar-refractivity contribution in [3.8, 4) is 33.8 Å². The van der Waals surface area contributed by atoms with E-state index in [1.54, 1.807) is 0 Å². The minimum Gasteiger partial charge on any atom is -0.505 e. The molecule has 0 unspecified atom stereocenters. The van der Waals surface area contributed by atoms with Crippen LogP contribution in [0.1, 0.15) is 77.8 Å². The fraction of sp³-hybridized carbons (Fsp3) is 0.244. The van der Waals surface area contributed by atoms with Gasteiger partial charge in [-0.1, -0.05) is 128 Å². The molecule has 0 aliphatic rings. The van der Waals surface area contributed by atoms with Gasteiger partial charge in [-0.25, -0.2) is 4.98 Å². The summed E-state index contributed by atoms with van der Waals surface area (Å²) in [6, 6.07) is 40.4. The van der Waals surface area contributed by atoms with Gasteiger partial charge in [0.25, 0.3) is 0 Å². The number of phenolic OH excluding ortho intramolecular Hbond substituents is 1. The lowest BCUT2D eigenvalue weighted by atomic mass is 9.79. The van der Waals surface area contributed by atoms with Gasteiger partial charge in [0, 0.05) is 33.5 Å². The van der Waals surface area contributed by atoms with Crippen LogP contribution in [0.4, 0.5) is 0 Å². The van der Waals surface area contributed by atoms with Gasteiger partial charge in [0.15, 0.2) is 0 Å². The van der Waals surface area contributed by atoms with Crippen molar-refractivity contribution in [3.05, 3.63) is 144 Å². The van der Waals surface area contributed by atoms with E-state index in [-0.39, 0.29) is 16.2 Å². The van der Waals surface area contributed by atoms with Gasteiger partial charge in [-0.3, -0.25) is 9.55 Å². The molecule has 0 amide bonds. The first kappa shape index (κ1) is 32.3. The number of pyridine rings is 2. The zero-order valence-electron chi connectivity index (χ0n) is 29.8. The highest BCUT2D eigenvalue weighted by molar-refractivity contribution is 6.08. The van der Waals surface area contributed by atoms with E-state index in [1.165, 1.54) is 11.1 Å². The van der Waals surface area contributed by atoms with Gasteiger partial charge in [0.2, 0.25) is 0 Å². The lowest BCUT2D eigenvalue weighted by molar-refractivity contribution is 0.442. The van der Waals surface area contributed by atoms with Gasteiger partial charge in [-0.2, -0.15) is 0 Å². The van der Waals surface area contributed by atoms with Gasteiger partial charge in [0.05, 0.1) is 22.6 Å². The second-order valence-corrected chi connectivity index (χ2v) is 15.8. The van der Waals surface area contributed by atoms with Crippen LogP contribution in [-0.4, -0.2) is 19.6 Å². The minimum absolute atomic E-state index is 0.109. The number of hydrogen-bond donors (Lipinski definition) is 1. The van der Waals surface area contributed by atoms with Crippen LogP contribution >= 0.6 is 0 Å². The monoisotopic (exact) mass is 643 g/mol. The maximum atomic E-state index is 12.0. The summed E-state index contributed by atoms with van der Waals surface area (Å²) in [5, 5.41) is 14.1. The summed E-state index contributed by atoms with van der Waals surface area (Å²) in [6.45, 7) is 17.6. The third-order valence-corrected chi connectivity index (χ3v) is 9.91. The Bertz CT molecular complexity index is 2330. The summed E-state index contributed by atoms with van der Waals surface area (Å²) in [4.78, 5) is 10.2. The van der Waals surface area contributed by atoms with Crippen molar-refractivity contribution < 1.29 is 5.11 Å². The van der Waals surface area contributed by atoms with Crippen LogP contribution in [0.2, 0.25) is 0 Å². The molecule has 0 saturated carbocycles. The molecule has 1 N–H and O–H groups in total. The minimum atomic E-state index is -0.345. The first-order valence-corrected chi connectivity index (χ1v) is 17.1. The van der Waals surface area contributed by atoms with E-state index >= 15 is 0 Å². The largest absolute Gasteiger partial charge is 0.505 e. The zero-order chi connectivity index (χ0) is 34.7. The van der Waals surface area contributed by atoms with E-state index in [9.17, 15) is 5.11 Å². The van der Waals surface area contributed by atoms with E-state index in [4.69, 9.17) is 9.97 Å². The quantitative estimate of drug-likeness (QED) is 0.203. The summed E-state index contributed by atoms with van der Waals surface area (Å²) in [5.74, 6) is 0.296. The predicted molar refractivity (Wildman–Crippen MR) is 205 cm³/mol. The third kappa shape index (κ3) is 5.80. The Balaban J connectivity index is 1.39. The summed E-state index contributed by atoms with van der Waals surface area (Å²) in [7, 11) is 0. The number of fused-ring (bicyclic) bond motifs is 3. The van der Waals surface area contributed by atoms with Crippen molar-refractivity contribution in [1.82, 2.24) is 14.5 Å². The predicted octanol–water partition coefficient (Wildman–Crippen LogP) is 11.5. The molecule has 4 heteroatoms. The second kappa shape index (κ2) is 11.7. The Morgan fingerprint density at radius 1 is 0.571 bits per heavy atom. The Morgan fingerprint density at radius 2 is 1.29 bits per heavy atom. The van der Waals surface area contributed by atoms with Crippen LogP contribution in [-0.2, 0) is 16.2 Å². The number of nitrogens with zero attached hydrogens (tertiary/aromatic N) is 3. The Labute approximate surface area is 290 Å². The molecule has 4 aromatic carbocycles. The molecule has 0 aliphatic carbocycles. The smallest absolute Gasteiger partial charge is 0.146 e. The van der Waals surface area contributed by atoms with E-state index in [0.717, 1.165) is 61.3 Å². The highest BCUT2D eigenvalue weighted by atomic mass is 16.3. The molecule has 0 radical (unpaired) electrons. The summed E-state index contributed by atoms with van der Waals surface area (Å²) >= 11 is 0. The molecule has 0 atom stereocenters. The highest BCUT2D eigenvalue weighted by Gasteiger charge is 2.28. The summed E-state index contributed by atoms with van der Waals surface area (Å²) in [5.41, 5.74) is 10.4. The second-order valence-electron chi connectivity index (χ2n) is 15.8. The molecule has 0 bridgehead atoms. The van der Waals surface area contributed by atoms with Gasteiger partial charge < -0.3 is 5.11 Å². The van der Waals surface area contributed by atoms with Crippen LogP contribution < -0.4 is 0 Å². The fourth-order valence-electron chi connectivity index (χ4n) is 6.84. The van der Waals surface area contributed by atoms with Crippen LogP contribution in [0, 0.1) is 0 Å². The maximum absolute atomic E-state index is 12.0. The van der Waals surface area contributed by atoms with Crippen molar-refractivity contribution in [3.63, 3.8) is 0 Å². The molecule has 0 spiro atoms. The first-order chi connectivity index (χ1) is 23.2. The number of rotatable bonds is 5. The lowest BCUT2D eigenvalue weighted by Gasteiger charge is -2.28. The molecule has 0 saturated heterocycles. The zero-order valence-corrected chi connectivity index (χ0v) is 29.8. The van der Waals surface area contributed by atoms with Gasteiger partial charge in [-0.05, 0) is 75.5 Å². The summed E-state index contributed by atoms with van der Waals surface area (Å²) in [6.07, 6.45) is 1.91. The molecular weight excluding hydrogens is 599 g/mol. The number of para-hydroxylation sites is 1. The highest BCUT2D eigenvalue weighted by Crippen LogP contribution is 2.43. The average Bonchev–Trinajstić information content (AvgIpc) is 3.41. The van der Waals surface area contributed by atoms with Crippen molar-refractivity contribution >= 4 is 21.9 Å². The van der Waals surface area contributed by atoms with Gasteiger partial charge >= 0.3 is 0 Å². The lowest BCUT2D eigenvalue weighted by Crippen LogP contribution is -2.20. The molecule has 3 heterocycles. The number of phenols is 1. The van der Waals surface area contributed by atoms with Crippen molar-refractivity contribution in [1.29, 1.82) is 0 Å². The van der Waals surface area contributed by atoms with Gasteiger partial charge in [0.1, 0.15) is 11.4 Å². The van der Waals surface area contributed by atoms with E-state index in [0.29, 0.717) is 5.75 Å². The van der Waals surface area contributed by atoms with Crippen molar-refractivity contribution in [2.24, 2.45) is 0 Å². The normalized spacial score (nSPS) is 12.6. The number of aromatic hydroxyl groups is 1. The molecule has 7 rings (SSSR count). The maximum Gasteiger partial charge on any atom is 0.146 e. The fourth-order valence-corrected chi connectivity index (χ4v) is 6.84. The number of aromatic nitrogens is 3. The summed E-state index contributed by atoms with van der Waals surface area (Å²) < 4.78 is 2.15. The Kier molecular flexibility index (Phi) is 7.74.